The molecule has 0 aromatic carbocycles. The average Bonchev–Trinajstić information content (AvgIpc) is 3.16. The van der Waals surface area contributed by atoms with Crippen LogP contribution in [0.5, 0.6) is 0 Å². The molecule has 1 nitrogen and oxygen atoms in total. The van der Waals surface area contributed by atoms with E-state index in [0.717, 1.165) is 35.5 Å². The monoisotopic (exact) mass is 372 g/mol. The first kappa shape index (κ1) is 20.0. The minimum Gasteiger partial charge on any atom is -0.396 e. The zero-order chi connectivity index (χ0) is 19.4. The molecule has 9 atom stereocenters. The molecule has 0 bridgehead atoms. The molecule has 0 radical (unpaired) electrons. The van der Waals surface area contributed by atoms with Gasteiger partial charge in [-0.25, -0.2) is 0 Å². The topological polar surface area (TPSA) is 20.2 Å². The van der Waals surface area contributed by atoms with Crippen LogP contribution in [0.25, 0.3) is 0 Å². The Hall–Kier alpha value is -0.300. The maximum atomic E-state index is 9.89. The largest absolute Gasteiger partial charge is 0.396 e. The van der Waals surface area contributed by atoms with E-state index in [1.165, 1.54) is 51.4 Å². The summed E-state index contributed by atoms with van der Waals surface area (Å²) in [6.45, 7) is 12.8. The quantitative estimate of drug-likeness (QED) is 0.544. The second-order valence-corrected chi connectivity index (χ2v) is 11.8. The van der Waals surface area contributed by atoms with Crippen LogP contribution in [0.3, 0.4) is 0 Å². The van der Waals surface area contributed by atoms with Gasteiger partial charge in [0.2, 0.25) is 0 Å². The predicted molar refractivity (Wildman–Crippen MR) is 114 cm³/mol. The molecule has 1 N–H and O–H groups in total. The van der Waals surface area contributed by atoms with Crippen LogP contribution in [0.1, 0.15) is 86.0 Å². The predicted octanol–water partition coefficient (Wildman–Crippen LogP) is 6.71. The van der Waals surface area contributed by atoms with E-state index in [1.807, 2.05) is 0 Å². The van der Waals surface area contributed by atoms with Crippen molar-refractivity contribution in [2.45, 2.75) is 86.0 Å². The van der Waals surface area contributed by atoms with E-state index in [4.69, 9.17) is 0 Å². The molecule has 1 heteroatoms. The van der Waals surface area contributed by atoms with E-state index in [0.29, 0.717) is 29.3 Å². The van der Waals surface area contributed by atoms with Crippen molar-refractivity contribution in [1.29, 1.82) is 0 Å². The van der Waals surface area contributed by atoms with Gasteiger partial charge >= 0.3 is 0 Å². The molecule has 0 aromatic rings. The molecule has 9 unspecified atom stereocenters. The molecule has 4 aliphatic rings. The molecule has 154 valence electrons. The van der Waals surface area contributed by atoms with Gasteiger partial charge < -0.3 is 5.11 Å². The van der Waals surface area contributed by atoms with E-state index in [9.17, 15) is 5.11 Å². The molecule has 0 saturated heterocycles. The third kappa shape index (κ3) is 3.06. The lowest BCUT2D eigenvalue weighted by molar-refractivity contribution is -0.0956. The van der Waals surface area contributed by atoms with Crippen molar-refractivity contribution in [3.8, 4) is 0 Å². The zero-order valence-corrected chi connectivity index (χ0v) is 18.6. The molecule has 4 rings (SSSR count). The van der Waals surface area contributed by atoms with E-state index >= 15 is 0 Å². The highest BCUT2D eigenvalue weighted by Gasteiger charge is 2.61. The second-order valence-electron chi connectivity index (χ2n) is 11.8. The van der Waals surface area contributed by atoms with Crippen LogP contribution < -0.4 is 0 Å². The molecule has 0 aromatic heterocycles. The summed E-state index contributed by atoms with van der Waals surface area (Å²) in [6.07, 6.45) is 16.3. The Morgan fingerprint density at radius 3 is 2.19 bits per heavy atom. The molecule has 4 fully saturated rings. The normalized spacial score (nSPS) is 50.6. The van der Waals surface area contributed by atoms with Crippen LogP contribution >= 0.6 is 0 Å². The Balaban J connectivity index is 1.54. The Morgan fingerprint density at radius 1 is 0.815 bits per heavy atom. The maximum absolute atomic E-state index is 9.89. The van der Waals surface area contributed by atoms with E-state index in [-0.39, 0.29) is 0 Å². The highest BCUT2D eigenvalue weighted by atomic mass is 16.3. The van der Waals surface area contributed by atoms with Gasteiger partial charge in [-0.05, 0) is 110 Å². The van der Waals surface area contributed by atoms with Crippen LogP contribution in [-0.2, 0) is 0 Å². The lowest BCUT2D eigenvalue weighted by atomic mass is 9.47. The number of hydrogen-bond donors (Lipinski definition) is 1. The van der Waals surface area contributed by atoms with Gasteiger partial charge in [-0.1, -0.05) is 46.8 Å². The molecular weight excluding hydrogens is 328 g/mol. The first-order valence-corrected chi connectivity index (χ1v) is 12.1. The van der Waals surface area contributed by atoms with Gasteiger partial charge in [0.15, 0.2) is 0 Å². The first-order chi connectivity index (χ1) is 12.8. The van der Waals surface area contributed by atoms with Crippen LogP contribution in [-0.4, -0.2) is 11.7 Å². The zero-order valence-electron chi connectivity index (χ0n) is 18.6. The SMILES string of the molecule is CC(C)C=CC(C)C1CCC2C3CCC4C(CO)CCC4(C)C3CCC12C. The summed E-state index contributed by atoms with van der Waals surface area (Å²) in [5.41, 5.74) is 1.10. The number of allylic oxidation sites excluding steroid dienone is 2. The van der Waals surface area contributed by atoms with E-state index in [1.54, 1.807) is 0 Å². The van der Waals surface area contributed by atoms with Crippen LogP contribution in [0, 0.1) is 58.2 Å². The molecule has 0 aliphatic heterocycles. The highest BCUT2D eigenvalue weighted by Crippen LogP contribution is 2.69. The highest BCUT2D eigenvalue weighted by molar-refractivity contribution is 5.12. The minimum absolute atomic E-state index is 0.431. The minimum atomic E-state index is 0.431. The number of rotatable bonds is 4. The van der Waals surface area contributed by atoms with Crippen LogP contribution in [0.4, 0.5) is 0 Å². The van der Waals surface area contributed by atoms with Gasteiger partial charge in [0.05, 0.1) is 0 Å². The third-order valence-corrected chi connectivity index (χ3v) is 10.3. The molecule has 0 heterocycles. The molecule has 4 aliphatic carbocycles. The van der Waals surface area contributed by atoms with Crippen molar-refractivity contribution >= 4 is 0 Å². The van der Waals surface area contributed by atoms with Gasteiger partial charge in [-0.15, -0.1) is 0 Å². The standard InChI is InChI=1S/C26H44O/c1-17(2)6-7-18(3)21-10-11-23-20-8-9-22-19(16-27)12-14-26(22,5)24(20)13-15-25(21,23)4/h6-7,17-24,27H,8-16H2,1-5H3. The number of fused-ring (bicyclic) bond motifs is 5. The summed E-state index contributed by atoms with van der Waals surface area (Å²) in [7, 11) is 0. The summed E-state index contributed by atoms with van der Waals surface area (Å²) in [5.74, 6) is 6.56. The summed E-state index contributed by atoms with van der Waals surface area (Å²) in [5, 5.41) is 9.89. The van der Waals surface area contributed by atoms with Crippen molar-refractivity contribution in [2.24, 2.45) is 58.2 Å². The smallest absolute Gasteiger partial charge is 0.0462 e. The Kier molecular flexibility index (Phi) is 5.32. The molecule has 0 spiro atoms. The Labute approximate surface area is 168 Å². The van der Waals surface area contributed by atoms with Crippen LogP contribution in [0.15, 0.2) is 12.2 Å². The summed E-state index contributed by atoms with van der Waals surface area (Å²) >= 11 is 0. The van der Waals surface area contributed by atoms with Crippen molar-refractivity contribution in [3.05, 3.63) is 12.2 Å². The fourth-order valence-corrected chi connectivity index (χ4v) is 8.98. The van der Waals surface area contributed by atoms with E-state index < -0.39 is 0 Å². The summed E-state index contributed by atoms with van der Waals surface area (Å²) < 4.78 is 0. The lowest BCUT2D eigenvalue weighted by Gasteiger charge is -2.58. The van der Waals surface area contributed by atoms with Crippen molar-refractivity contribution in [3.63, 3.8) is 0 Å². The molecule has 4 saturated carbocycles. The fraction of sp³-hybridized carbons (Fsp3) is 0.923. The maximum Gasteiger partial charge on any atom is 0.0462 e. The summed E-state index contributed by atoms with van der Waals surface area (Å²) in [6, 6.07) is 0. The lowest BCUT2D eigenvalue weighted by Crippen LogP contribution is -2.51. The van der Waals surface area contributed by atoms with Gasteiger partial charge in [-0.3, -0.25) is 0 Å². The van der Waals surface area contributed by atoms with Crippen molar-refractivity contribution in [2.75, 3.05) is 6.61 Å². The second kappa shape index (κ2) is 7.19. The fourth-order valence-electron chi connectivity index (χ4n) is 8.98. The number of aliphatic hydroxyl groups excluding tert-OH is 1. The molecular formula is C26H44O. The molecule has 27 heavy (non-hydrogen) atoms. The van der Waals surface area contributed by atoms with E-state index in [2.05, 4.69) is 46.8 Å². The van der Waals surface area contributed by atoms with Crippen LogP contribution in [0.2, 0.25) is 0 Å². The average molecular weight is 373 g/mol. The number of aliphatic hydroxyl groups is 1. The van der Waals surface area contributed by atoms with Crippen molar-refractivity contribution < 1.29 is 5.11 Å². The third-order valence-electron chi connectivity index (χ3n) is 10.3. The Morgan fingerprint density at radius 2 is 1.48 bits per heavy atom. The molecule has 0 amide bonds. The van der Waals surface area contributed by atoms with Gasteiger partial charge in [0.25, 0.3) is 0 Å². The van der Waals surface area contributed by atoms with Gasteiger partial charge in [-0.2, -0.15) is 0 Å². The van der Waals surface area contributed by atoms with Gasteiger partial charge in [0, 0.05) is 6.61 Å². The Bertz CT molecular complexity index is 565. The summed E-state index contributed by atoms with van der Waals surface area (Å²) in [4.78, 5) is 0. The van der Waals surface area contributed by atoms with Gasteiger partial charge in [0.1, 0.15) is 0 Å². The number of hydrogen-bond acceptors (Lipinski definition) is 1. The van der Waals surface area contributed by atoms with Crippen molar-refractivity contribution in [1.82, 2.24) is 0 Å². The first-order valence-electron chi connectivity index (χ1n) is 12.1.